The molecule has 1 saturated heterocycles. The van der Waals surface area contributed by atoms with Gasteiger partial charge in [0, 0.05) is 24.7 Å². The summed E-state index contributed by atoms with van der Waals surface area (Å²) in [6.07, 6.45) is 1.86. The fourth-order valence-corrected chi connectivity index (χ4v) is 2.75. The number of benzene rings is 1. The van der Waals surface area contributed by atoms with E-state index in [2.05, 4.69) is 27.7 Å². The van der Waals surface area contributed by atoms with Crippen molar-refractivity contribution in [3.8, 4) is 0 Å². The Morgan fingerprint density at radius 3 is 2.67 bits per heavy atom. The van der Waals surface area contributed by atoms with Crippen molar-refractivity contribution in [2.24, 2.45) is 5.10 Å². The second kappa shape index (κ2) is 10.6. The molecule has 5 nitrogen and oxygen atoms in total. The van der Waals surface area contributed by atoms with Gasteiger partial charge in [0.2, 0.25) is 0 Å². The van der Waals surface area contributed by atoms with Crippen LogP contribution in [0.1, 0.15) is 25.3 Å². The second-order valence-electron chi connectivity index (χ2n) is 5.59. The molecule has 132 valence electrons. The van der Waals surface area contributed by atoms with Crippen LogP contribution in [0, 0.1) is 0 Å². The highest BCUT2D eigenvalue weighted by molar-refractivity contribution is 7.80. The standard InChI is InChI=1S/C17H25ClN4OS/c1-2-16(14-4-6-15(18)7-5-14)20-21-17(24)19-8-3-9-22-10-12-23-13-11-22/h4-7H,2-3,8-13H2,1H3,(H2,19,21,24)/b20-16+. The van der Waals surface area contributed by atoms with Crippen molar-refractivity contribution >= 4 is 34.6 Å². The van der Waals surface area contributed by atoms with Crippen LogP contribution in [0.2, 0.25) is 5.02 Å². The molecule has 0 aromatic heterocycles. The van der Waals surface area contributed by atoms with Crippen LogP contribution in [0.5, 0.6) is 0 Å². The first-order valence-corrected chi connectivity index (χ1v) is 9.14. The molecule has 0 unspecified atom stereocenters. The quantitative estimate of drug-likeness (QED) is 0.335. The SMILES string of the molecule is CC/C(=N\NC(=S)NCCCN1CCOCC1)c1ccc(Cl)cc1. The van der Waals surface area contributed by atoms with Crippen molar-refractivity contribution in [1.82, 2.24) is 15.6 Å². The fourth-order valence-electron chi connectivity index (χ4n) is 2.48. The lowest BCUT2D eigenvalue weighted by Crippen LogP contribution is -2.39. The van der Waals surface area contributed by atoms with Crippen LogP contribution in [0.15, 0.2) is 29.4 Å². The number of ether oxygens (including phenoxy) is 1. The molecule has 0 atom stereocenters. The van der Waals surface area contributed by atoms with Crippen LogP contribution in [-0.4, -0.2) is 55.1 Å². The minimum Gasteiger partial charge on any atom is -0.379 e. The van der Waals surface area contributed by atoms with E-state index in [1.165, 1.54) is 0 Å². The molecule has 0 aliphatic carbocycles. The Hall–Kier alpha value is -1.21. The van der Waals surface area contributed by atoms with Gasteiger partial charge >= 0.3 is 0 Å². The lowest BCUT2D eigenvalue weighted by atomic mass is 10.1. The molecular weight excluding hydrogens is 344 g/mol. The molecule has 1 aliphatic heterocycles. The highest BCUT2D eigenvalue weighted by Crippen LogP contribution is 2.11. The third-order valence-corrected chi connectivity index (χ3v) is 4.33. The van der Waals surface area contributed by atoms with E-state index < -0.39 is 0 Å². The summed E-state index contributed by atoms with van der Waals surface area (Å²) in [5.74, 6) is 0. The van der Waals surface area contributed by atoms with Crippen molar-refractivity contribution < 1.29 is 4.74 Å². The van der Waals surface area contributed by atoms with Crippen LogP contribution in [0.25, 0.3) is 0 Å². The van der Waals surface area contributed by atoms with Crippen molar-refractivity contribution in [3.05, 3.63) is 34.9 Å². The van der Waals surface area contributed by atoms with E-state index in [0.717, 1.165) is 68.5 Å². The first kappa shape index (κ1) is 19.1. The Kier molecular flexibility index (Phi) is 8.45. The van der Waals surface area contributed by atoms with Crippen LogP contribution >= 0.6 is 23.8 Å². The molecule has 1 aromatic rings. The first-order valence-electron chi connectivity index (χ1n) is 8.35. The van der Waals surface area contributed by atoms with Gasteiger partial charge in [0.15, 0.2) is 5.11 Å². The van der Waals surface area contributed by atoms with Gasteiger partial charge in [-0.15, -0.1) is 0 Å². The maximum atomic E-state index is 5.92. The van der Waals surface area contributed by atoms with E-state index in [4.69, 9.17) is 28.6 Å². The van der Waals surface area contributed by atoms with Crippen molar-refractivity contribution in [2.75, 3.05) is 39.4 Å². The Bertz CT molecular complexity index is 544. The number of nitrogens with one attached hydrogen (secondary N) is 2. The average molecular weight is 369 g/mol. The molecule has 0 bridgehead atoms. The third-order valence-electron chi connectivity index (χ3n) is 3.85. The van der Waals surface area contributed by atoms with Crippen molar-refractivity contribution in [1.29, 1.82) is 0 Å². The average Bonchev–Trinajstić information content (AvgIpc) is 2.61. The zero-order chi connectivity index (χ0) is 17.2. The lowest BCUT2D eigenvalue weighted by Gasteiger charge is -2.26. The van der Waals surface area contributed by atoms with Crippen LogP contribution in [-0.2, 0) is 4.74 Å². The topological polar surface area (TPSA) is 48.9 Å². The van der Waals surface area contributed by atoms with E-state index >= 15 is 0 Å². The number of thiocarbonyl (C=S) groups is 1. The van der Waals surface area contributed by atoms with Gasteiger partial charge < -0.3 is 10.1 Å². The Labute approximate surface area is 154 Å². The maximum absolute atomic E-state index is 5.92. The van der Waals surface area contributed by atoms with Crippen molar-refractivity contribution in [3.63, 3.8) is 0 Å². The molecule has 1 heterocycles. The van der Waals surface area contributed by atoms with Crippen molar-refractivity contribution in [2.45, 2.75) is 19.8 Å². The second-order valence-corrected chi connectivity index (χ2v) is 6.44. The summed E-state index contributed by atoms with van der Waals surface area (Å²) in [4.78, 5) is 2.41. The summed E-state index contributed by atoms with van der Waals surface area (Å²) >= 11 is 11.2. The molecule has 1 aliphatic rings. The predicted molar refractivity (Wildman–Crippen MR) is 104 cm³/mol. The Morgan fingerprint density at radius 1 is 1.29 bits per heavy atom. The minimum atomic E-state index is 0.553. The van der Waals surface area contributed by atoms with Gasteiger partial charge in [-0.25, -0.2) is 0 Å². The maximum Gasteiger partial charge on any atom is 0.186 e. The molecule has 0 radical (unpaired) electrons. The highest BCUT2D eigenvalue weighted by atomic mass is 35.5. The summed E-state index contributed by atoms with van der Waals surface area (Å²) in [5.41, 5.74) is 4.92. The van der Waals surface area contributed by atoms with Gasteiger partial charge in [-0.2, -0.15) is 5.10 Å². The van der Waals surface area contributed by atoms with Crippen LogP contribution in [0.3, 0.4) is 0 Å². The molecule has 2 rings (SSSR count). The number of halogens is 1. The summed E-state index contributed by atoms with van der Waals surface area (Å²) in [7, 11) is 0. The largest absolute Gasteiger partial charge is 0.379 e. The molecule has 1 aromatic carbocycles. The molecule has 24 heavy (non-hydrogen) atoms. The third kappa shape index (κ3) is 6.73. The number of nitrogens with zero attached hydrogens (tertiary/aromatic N) is 2. The summed E-state index contributed by atoms with van der Waals surface area (Å²) in [5, 5.41) is 8.87. The van der Waals surface area contributed by atoms with Crippen LogP contribution in [0.4, 0.5) is 0 Å². The summed E-state index contributed by atoms with van der Waals surface area (Å²) in [6.45, 7) is 7.68. The number of hydrogen-bond acceptors (Lipinski definition) is 4. The molecular formula is C17H25ClN4OS. The van der Waals surface area contributed by atoms with Gasteiger partial charge in [-0.3, -0.25) is 10.3 Å². The van der Waals surface area contributed by atoms with Crippen LogP contribution < -0.4 is 10.7 Å². The number of rotatable bonds is 7. The molecule has 0 spiro atoms. The number of hydrogen-bond donors (Lipinski definition) is 2. The Morgan fingerprint density at radius 2 is 2.00 bits per heavy atom. The number of hydrazone groups is 1. The molecule has 7 heteroatoms. The van der Waals surface area contributed by atoms with Gasteiger partial charge in [0.1, 0.15) is 0 Å². The predicted octanol–water partition coefficient (Wildman–Crippen LogP) is 2.64. The van der Waals surface area contributed by atoms with Gasteiger partial charge in [0.25, 0.3) is 0 Å². The van der Waals surface area contributed by atoms with E-state index in [1.807, 2.05) is 24.3 Å². The summed E-state index contributed by atoms with van der Waals surface area (Å²) < 4.78 is 5.34. The summed E-state index contributed by atoms with van der Waals surface area (Å²) in [6, 6.07) is 7.66. The van der Waals surface area contributed by atoms with E-state index in [0.29, 0.717) is 5.11 Å². The minimum absolute atomic E-state index is 0.553. The monoisotopic (exact) mass is 368 g/mol. The van der Waals surface area contributed by atoms with Gasteiger partial charge in [-0.05, 0) is 49.3 Å². The van der Waals surface area contributed by atoms with E-state index in [-0.39, 0.29) is 0 Å². The van der Waals surface area contributed by atoms with E-state index in [1.54, 1.807) is 0 Å². The van der Waals surface area contributed by atoms with E-state index in [9.17, 15) is 0 Å². The first-order chi connectivity index (χ1) is 11.7. The van der Waals surface area contributed by atoms with Gasteiger partial charge in [-0.1, -0.05) is 30.7 Å². The molecule has 0 saturated carbocycles. The zero-order valence-corrected chi connectivity index (χ0v) is 15.6. The zero-order valence-electron chi connectivity index (χ0n) is 14.1. The molecule has 2 N–H and O–H groups in total. The lowest BCUT2D eigenvalue weighted by molar-refractivity contribution is 0.0376. The number of morpholine rings is 1. The smallest absolute Gasteiger partial charge is 0.186 e. The molecule has 1 fully saturated rings. The molecule has 0 amide bonds. The van der Waals surface area contributed by atoms with Gasteiger partial charge in [0.05, 0.1) is 18.9 Å². The highest BCUT2D eigenvalue weighted by Gasteiger charge is 2.09. The Balaban J connectivity index is 1.69. The normalized spacial score (nSPS) is 16.0. The fraction of sp³-hybridized carbons (Fsp3) is 0.529.